The van der Waals surface area contributed by atoms with Crippen molar-refractivity contribution in [3.8, 4) is 0 Å². The average molecular weight is 118 g/mol. The molecule has 0 rings (SSSR count). The Labute approximate surface area is 49.0 Å². The van der Waals surface area contributed by atoms with E-state index in [9.17, 15) is 0 Å². The molecular weight excluding hydrogens is 116 g/mol. The first kappa shape index (κ1) is 16.2. The van der Waals surface area contributed by atoms with Gasteiger partial charge >= 0.3 is 34.2 Å². The topological polar surface area (TPSA) is 82.7 Å². The summed E-state index contributed by atoms with van der Waals surface area (Å²) in [5, 5.41) is 0. The van der Waals surface area contributed by atoms with Gasteiger partial charge in [0.15, 0.2) is 0 Å². The summed E-state index contributed by atoms with van der Waals surface area (Å²) in [6.07, 6.45) is 0. The molecule has 0 aromatic heterocycles. The molecule has 0 heterocycles. The Kier molecular flexibility index (Phi) is 151. The van der Waals surface area contributed by atoms with E-state index in [2.05, 4.69) is 0 Å². The van der Waals surface area contributed by atoms with E-state index in [-0.39, 0.29) is 5.48 Å². The summed E-state index contributed by atoms with van der Waals surface area (Å²) in [6.45, 7) is 0. The maximum absolute atomic E-state index is 8.40. The molecule has 0 fully saturated rings. The van der Waals surface area contributed by atoms with Crippen molar-refractivity contribution in [3.05, 3.63) is 0 Å². The summed E-state index contributed by atoms with van der Waals surface area (Å²) in [4.78, 5) is 0. The fourth-order valence-electron chi connectivity index (χ4n) is 0. The van der Waals surface area contributed by atoms with E-state index in [0.717, 1.165) is 0 Å². The van der Waals surface area contributed by atoms with Gasteiger partial charge in [-0.2, -0.15) is 0 Å². The first-order valence-electron chi connectivity index (χ1n) is 0.697. The van der Waals surface area contributed by atoms with Gasteiger partial charge in [0.05, 0.1) is 0 Å². The molecule has 2 N–H and O–H groups in total. The Morgan fingerprint density at radius 2 is 1.17 bits per heavy atom. The molecule has 32 valence electrons. The summed E-state index contributed by atoms with van der Waals surface area (Å²) >= 11 is 0.611. The van der Waals surface area contributed by atoms with E-state index in [0.29, 0.717) is 21.7 Å². The molecule has 0 bridgehead atoms. The Balaban J connectivity index is -0.0000000275. The van der Waals surface area contributed by atoms with Crippen LogP contribution in [-0.2, 0) is 12.1 Å². The van der Waals surface area contributed by atoms with E-state index < -0.39 is 9.29 Å². The van der Waals surface area contributed by atoms with Crippen molar-refractivity contribution in [1.29, 1.82) is 0 Å². The monoisotopic (exact) mass is 118 g/mol. The minimum atomic E-state index is -1.42. The standard InChI is InChI=1S/Mg.O2Si.H2O.O/c;1-3-2;;/h;;1H2;. The Morgan fingerprint density at radius 3 is 1.17 bits per heavy atom. The Hall–Kier alpha value is 0.343. The van der Waals surface area contributed by atoms with Crippen LogP contribution < -0.4 is 0 Å². The van der Waals surface area contributed by atoms with Gasteiger partial charge in [0, 0.05) is 0 Å². The van der Waals surface area contributed by atoms with Crippen LogP contribution in [0.25, 0.3) is 0 Å². The van der Waals surface area contributed by atoms with Gasteiger partial charge in [-0.3, -0.25) is 8.92 Å². The van der Waals surface area contributed by atoms with Crippen LogP contribution in [0.3, 0.4) is 0 Å². The van der Waals surface area contributed by atoms with Gasteiger partial charge in [0.1, 0.15) is 0 Å². The Morgan fingerprint density at radius 1 is 1.17 bits per heavy atom. The van der Waals surface area contributed by atoms with Crippen molar-refractivity contribution in [2.24, 2.45) is 0 Å². The van der Waals surface area contributed by atoms with Crippen molar-refractivity contribution in [2.45, 2.75) is 0 Å². The van der Waals surface area contributed by atoms with Crippen LogP contribution in [0, 0.1) is 0 Å². The Bertz CT molecular complexity index is 36.8. The van der Waals surface area contributed by atoms with Gasteiger partial charge in [-0.15, -0.1) is 0 Å². The van der Waals surface area contributed by atoms with E-state index in [4.69, 9.17) is 12.1 Å². The van der Waals surface area contributed by atoms with E-state index in [1.807, 2.05) is 0 Å². The molecule has 4 nitrogen and oxygen atoms in total. The predicted octanol–water partition coefficient (Wildman–Crippen LogP) is -1.94. The zero-order valence-corrected chi connectivity index (χ0v) is 5.35. The maximum atomic E-state index is 8.40. The molecule has 0 aliphatic heterocycles. The molecule has 0 aromatic carbocycles. The van der Waals surface area contributed by atoms with Gasteiger partial charge in [-0.05, 0) is 0 Å². The number of hydrogen-bond acceptors (Lipinski definition) is 3. The summed E-state index contributed by atoms with van der Waals surface area (Å²) in [5.41, 5.74) is 0. The molecule has 0 aliphatic rings. The summed E-state index contributed by atoms with van der Waals surface area (Å²) < 4.78 is 25.1. The third-order valence-electron chi connectivity index (χ3n) is 0. The molecule has 0 amide bonds. The first-order chi connectivity index (χ1) is 2.41. The van der Waals surface area contributed by atoms with Crippen molar-refractivity contribution in [3.63, 3.8) is 0 Å². The molecule has 0 saturated carbocycles. The molecule has 6 heteroatoms. The van der Waals surface area contributed by atoms with Gasteiger partial charge in [-0.25, -0.2) is 0 Å². The zero-order valence-electron chi connectivity index (χ0n) is 2.93. The third-order valence-corrected chi connectivity index (χ3v) is 0. The molecule has 0 spiro atoms. The average Bonchev–Trinajstić information content (AvgIpc) is 1.46. The summed E-state index contributed by atoms with van der Waals surface area (Å²) in [6, 6.07) is 0. The van der Waals surface area contributed by atoms with E-state index >= 15 is 0 Å². The molecule has 0 atom stereocenters. The molecule has 0 unspecified atom stereocenters. The fraction of sp³-hybridized carbons (Fsp3) is 0. The summed E-state index contributed by atoms with van der Waals surface area (Å²) in [7, 11) is -1.42. The van der Waals surface area contributed by atoms with Crippen LogP contribution in [0.5, 0.6) is 0 Å². The molecule has 0 saturated heterocycles. The zero-order chi connectivity index (χ0) is 4.71. The van der Waals surface area contributed by atoms with Crippen molar-refractivity contribution in [2.75, 3.05) is 0 Å². The van der Waals surface area contributed by atoms with Crippen LogP contribution in [-0.4, -0.2) is 36.5 Å². The van der Waals surface area contributed by atoms with Crippen LogP contribution >= 0.6 is 0 Å². The second kappa shape index (κ2) is 55.9. The van der Waals surface area contributed by atoms with Crippen molar-refractivity contribution >= 4 is 31.0 Å². The van der Waals surface area contributed by atoms with Crippen molar-refractivity contribution in [1.82, 2.24) is 0 Å². The predicted molar refractivity (Wildman–Crippen MR) is 17.2 cm³/mol. The number of rotatable bonds is 0. The van der Waals surface area contributed by atoms with Gasteiger partial charge in [0.2, 0.25) is 0 Å². The molecule has 0 aliphatic carbocycles. The third kappa shape index (κ3) is 412. The SMILES string of the molecule is O.O=[Si]=O.[O]=[Mg]. The van der Waals surface area contributed by atoms with Gasteiger partial charge in [-0.1, -0.05) is 0 Å². The van der Waals surface area contributed by atoms with Gasteiger partial charge < -0.3 is 5.48 Å². The number of hydrogen-bond donors (Lipinski definition) is 0. The fourth-order valence-corrected chi connectivity index (χ4v) is 0. The van der Waals surface area contributed by atoms with Crippen LogP contribution in [0.4, 0.5) is 0 Å². The molecular formula is H2MgO4Si. The first-order valence-corrected chi connectivity index (χ1v) is 2.09. The molecule has 6 heavy (non-hydrogen) atoms. The summed E-state index contributed by atoms with van der Waals surface area (Å²) in [5.74, 6) is 0. The second-order valence-corrected chi connectivity index (χ2v) is 0.250. The molecule has 0 aromatic rings. The molecule has 0 radical (unpaired) electrons. The van der Waals surface area contributed by atoms with E-state index in [1.54, 1.807) is 0 Å². The normalized spacial score (nSPS) is 2.33. The van der Waals surface area contributed by atoms with Crippen LogP contribution in [0.15, 0.2) is 0 Å². The van der Waals surface area contributed by atoms with Crippen molar-refractivity contribution < 1.29 is 17.6 Å². The van der Waals surface area contributed by atoms with E-state index in [1.165, 1.54) is 0 Å². The minimum absolute atomic E-state index is 0. The second-order valence-electron chi connectivity index (χ2n) is 0.0833. The quantitative estimate of drug-likeness (QED) is 0.347. The van der Waals surface area contributed by atoms with Crippen LogP contribution in [0.2, 0.25) is 0 Å². The van der Waals surface area contributed by atoms with Gasteiger partial charge in [0.25, 0.3) is 0 Å². The van der Waals surface area contributed by atoms with Crippen LogP contribution in [0.1, 0.15) is 0 Å².